The molecule has 1 N–H and O–H groups in total. The molecule has 0 saturated carbocycles. The van der Waals surface area contributed by atoms with Crippen LogP contribution in [0, 0.1) is 3.57 Å². The van der Waals surface area contributed by atoms with Crippen molar-refractivity contribution in [2.24, 2.45) is 5.16 Å². The molecule has 1 heterocycles. The van der Waals surface area contributed by atoms with Crippen molar-refractivity contribution in [2.75, 3.05) is 11.9 Å². The molecule has 0 spiro atoms. The number of thiophene rings is 1. The van der Waals surface area contributed by atoms with Crippen LogP contribution in [-0.4, -0.2) is 18.7 Å². The summed E-state index contributed by atoms with van der Waals surface area (Å²) in [5.41, 5.74) is 0.747. The van der Waals surface area contributed by atoms with Crippen molar-refractivity contribution in [1.82, 2.24) is 0 Å². The number of amides is 1. The maximum Gasteiger partial charge on any atom is 0.265 e. The Labute approximate surface area is 128 Å². The van der Waals surface area contributed by atoms with Gasteiger partial charge in [-0.1, -0.05) is 11.2 Å². The van der Waals surface area contributed by atoms with Gasteiger partial charge in [0.25, 0.3) is 5.91 Å². The minimum absolute atomic E-state index is 0.103. The second-order valence-corrected chi connectivity index (χ2v) is 5.80. The molecule has 1 aromatic heterocycles. The number of carbonyl (C=O) groups excluding carboxylic acids is 1. The van der Waals surface area contributed by atoms with Gasteiger partial charge in [-0.25, -0.2) is 0 Å². The van der Waals surface area contributed by atoms with Crippen molar-refractivity contribution in [3.8, 4) is 0 Å². The molecule has 0 unspecified atom stereocenters. The largest absolute Gasteiger partial charge is 0.386 e. The van der Waals surface area contributed by atoms with Crippen LogP contribution in [0.4, 0.5) is 5.69 Å². The van der Waals surface area contributed by atoms with Crippen LogP contribution in [0.15, 0.2) is 46.9 Å². The third-order valence-electron chi connectivity index (χ3n) is 2.12. The molecule has 0 aliphatic heterocycles. The second kappa shape index (κ2) is 7.25. The lowest BCUT2D eigenvalue weighted by molar-refractivity contribution is -0.120. The first-order valence-corrected chi connectivity index (χ1v) is 7.44. The Hall–Kier alpha value is -1.41. The molecule has 1 amide bonds. The summed E-state index contributed by atoms with van der Waals surface area (Å²) in [5.74, 6) is -0.232. The fourth-order valence-electron chi connectivity index (χ4n) is 1.28. The number of carbonyl (C=O) groups is 1. The predicted molar refractivity (Wildman–Crippen MR) is 85.7 cm³/mol. The number of anilines is 1. The third-order valence-corrected chi connectivity index (χ3v) is 3.65. The van der Waals surface area contributed by atoms with E-state index in [4.69, 9.17) is 4.84 Å². The second-order valence-electron chi connectivity index (χ2n) is 3.58. The highest BCUT2D eigenvalue weighted by molar-refractivity contribution is 14.1. The van der Waals surface area contributed by atoms with E-state index < -0.39 is 0 Å². The van der Waals surface area contributed by atoms with E-state index in [0.717, 1.165) is 14.1 Å². The summed E-state index contributed by atoms with van der Waals surface area (Å²) in [7, 11) is 0. The summed E-state index contributed by atoms with van der Waals surface area (Å²) in [5, 5.41) is 8.41. The van der Waals surface area contributed by atoms with Gasteiger partial charge in [0.1, 0.15) is 0 Å². The normalized spacial score (nSPS) is 10.6. The van der Waals surface area contributed by atoms with E-state index in [1.807, 2.05) is 41.8 Å². The Morgan fingerprint density at radius 3 is 2.84 bits per heavy atom. The quantitative estimate of drug-likeness (QED) is 0.487. The van der Waals surface area contributed by atoms with Gasteiger partial charge in [-0.3, -0.25) is 4.79 Å². The number of rotatable bonds is 5. The summed E-state index contributed by atoms with van der Waals surface area (Å²) in [6.45, 7) is -0.103. The van der Waals surface area contributed by atoms with Gasteiger partial charge < -0.3 is 10.2 Å². The number of nitrogens with zero attached hydrogens (tertiary/aromatic N) is 1. The zero-order valence-electron chi connectivity index (χ0n) is 9.88. The van der Waals surface area contributed by atoms with Crippen molar-refractivity contribution in [1.29, 1.82) is 0 Å². The lowest BCUT2D eigenvalue weighted by Gasteiger charge is -2.03. The summed E-state index contributed by atoms with van der Waals surface area (Å²) in [6.07, 6.45) is 1.59. The molecule has 0 fully saturated rings. The Morgan fingerprint density at radius 1 is 1.37 bits per heavy atom. The average molecular weight is 386 g/mol. The van der Waals surface area contributed by atoms with Gasteiger partial charge >= 0.3 is 0 Å². The van der Waals surface area contributed by atoms with E-state index in [-0.39, 0.29) is 12.5 Å². The molecule has 0 aliphatic rings. The minimum Gasteiger partial charge on any atom is -0.386 e. The fraction of sp³-hybridized carbons (Fsp3) is 0.0769. The van der Waals surface area contributed by atoms with Crippen LogP contribution in [0.3, 0.4) is 0 Å². The molecule has 6 heteroatoms. The van der Waals surface area contributed by atoms with Crippen molar-refractivity contribution in [3.05, 3.63) is 50.2 Å². The van der Waals surface area contributed by atoms with E-state index in [9.17, 15) is 4.79 Å². The monoisotopic (exact) mass is 386 g/mol. The highest BCUT2D eigenvalue weighted by atomic mass is 127. The molecule has 19 heavy (non-hydrogen) atoms. The smallest absolute Gasteiger partial charge is 0.265 e. The lowest BCUT2D eigenvalue weighted by atomic mass is 10.3. The maximum absolute atomic E-state index is 11.5. The molecule has 4 nitrogen and oxygen atoms in total. The summed E-state index contributed by atoms with van der Waals surface area (Å²) in [6, 6.07) is 11.4. The first kappa shape index (κ1) is 14.0. The highest BCUT2D eigenvalue weighted by Crippen LogP contribution is 2.10. The van der Waals surface area contributed by atoms with Crippen LogP contribution in [0.25, 0.3) is 0 Å². The zero-order valence-corrected chi connectivity index (χ0v) is 12.8. The third kappa shape index (κ3) is 4.99. The van der Waals surface area contributed by atoms with Crippen molar-refractivity contribution in [3.63, 3.8) is 0 Å². The molecular weight excluding hydrogens is 375 g/mol. The average Bonchev–Trinajstić information content (AvgIpc) is 2.91. The van der Waals surface area contributed by atoms with Crippen LogP contribution in [0.1, 0.15) is 4.88 Å². The Kier molecular flexibility index (Phi) is 5.34. The fourth-order valence-corrected chi connectivity index (χ4v) is 2.22. The minimum atomic E-state index is -0.232. The maximum atomic E-state index is 11.5. The van der Waals surface area contributed by atoms with E-state index in [1.54, 1.807) is 17.6 Å². The number of oxime groups is 1. The van der Waals surface area contributed by atoms with Crippen molar-refractivity contribution >= 4 is 51.7 Å². The molecule has 98 valence electrons. The molecule has 1 aromatic carbocycles. The van der Waals surface area contributed by atoms with Crippen LogP contribution >= 0.6 is 33.9 Å². The van der Waals surface area contributed by atoms with E-state index in [2.05, 4.69) is 33.1 Å². The van der Waals surface area contributed by atoms with Crippen molar-refractivity contribution in [2.45, 2.75) is 0 Å². The highest BCUT2D eigenvalue weighted by Gasteiger charge is 2.02. The van der Waals surface area contributed by atoms with Crippen LogP contribution in [-0.2, 0) is 9.63 Å². The van der Waals surface area contributed by atoms with Gasteiger partial charge in [0, 0.05) is 14.1 Å². The predicted octanol–water partition coefficient (Wildman–Crippen LogP) is 3.34. The van der Waals surface area contributed by atoms with E-state index in [0.29, 0.717) is 0 Å². The van der Waals surface area contributed by atoms with Crippen LogP contribution < -0.4 is 5.32 Å². The molecule has 0 atom stereocenters. The summed E-state index contributed by atoms with van der Waals surface area (Å²) >= 11 is 3.76. The molecule has 0 saturated heterocycles. The Morgan fingerprint density at radius 2 is 2.16 bits per heavy atom. The van der Waals surface area contributed by atoms with Gasteiger partial charge in [-0.05, 0) is 58.3 Å². The summed E-state index contributed by atoms with van der Waals surface area (Å²) < 4.78 is 1.12. The van der Waals surface area contributed by atoms with Gasteiger partial charge in [0.15, 0.2) is 6.61 Å². The Bertz CT molecular complexity index is 553. The molecule has 0 radical (unpaired) electrons. The molecule has 2 rings (SSSR count). The standard InChI is InChI=1S/C13H11IN2O2S/c14-10-3-5-11(6-4-10)16-13(17)9-18-15-8-12-2-1-7-19-12/h1-8H,9H2,(H,16,17)/b15-8+. The number of nitrogens with one attached hydrogen (secondary N) is 1. The molecule has 0 aliphatic carbocycles. The first-order chi connectivity index (χ1) is 9.24. The van der Waals surface area contributed by atoms with Gasteiger partial charge in [-0.15, -0.1) is 11.3 Å². The van der Waals surface area contributed by atoms with E-state index >= 15 is 0 Å². The first-order valence-electron chi connectivity index (χ1n) is 5.48. The number of hydrogen-bond acceptors (Lipinski definition) is 4. The molecular formula is C13H11IN2O2S. The van der Waals surface area contributed by atoms with Crippen LogP contribution in [0.5, 0.6) is 0 Å². The Balaban J connectivity index is 1.74. The lowest BCUT2D eigenvalue weighted by Crippen LogP contribution is -2.16. The van der Waals surface area contributed by atoms with Gasteiger partial charge in [0.2, 0.25) is 0 Å². The van der Waals surface area contributed by atoms with Crippen LogP contribution in [0.2, 0.25) is 0 Å². The van der Waals surface area contributed by atoms with Gasteiger partial charge in [-0.2, -0.15) is 0 Å². The zero-order chi connectivity index (χ0) is 13.5. The number of hydrogen-bond donors (Lipinski definition) is 1. The SMILES string of the molecule is O=C(CO/N=C/c1cccs1)Nc1ccc(I)cc1. The topological polar surface area (TPSA) is 50.7 Å². The molecule has 2 aromatic rings. The van der Waals surface area contributed by atoms with Gasteiger partial charge in [0.05, 0.1) is 6.21 Å². The summed E-state index contributed by atoms with van der Waals surface area (Å²) in [4.78, 5) is 17.5. The van der Waals surface area contributed by atoms with Crippen molar-refractivity contribution < 1.29 is 9.63 Å². The molecule has 0 bridgehead atoms. The number of benzene rings is 1. The number of halogens is 1. The van der Waals surface area contributed by atoms with E-state index in [1.165, 1.54) is 0 Å².